The maximum atomic E-state index is 10.7. The smallest absolute Gasteiger partial charge is 0.290 e. The number of nitro groups is 1. The van der Waals surface area contributed by atoms with Gasteiger partial charge in [0, 0.05) is 18.7 Å². The van der Waals surface area contributed by atoms with Gasteiger partial charge in [0.15, 0.2) is 0 Å². The van der Waals surface area contributed by atoms with Crippen LogP contribution in [-0.4, -0.2) is 28.2 Å². The van der Waals surface area contributed by atoms with Gasteiger partial charge in [-0.15, -0.1) is 0 Å². The molecule has 2 rings (SSSR count). The van der Waals surface area contributed by atoms with Crippen molar-refractivity contribution in [3.63, 3.8) is 0 Å². The summed E-state index contributed by atoms with van der Waals surface area (Å²) in [6.07, 6.45) is 4.31. The molecular weight excluding hydrogens is 234 g/mol. The molecule has 0 atom stereocenters. The van der Waals surface area contributed by atoms with Crippen LogP contribution in [0.25, 0.3) is 0 Å². The fourth-order valence-electron chi connectivity index (χ4n) is 2.04. The molecule has 1 aromatic rings. The molecule has 1 aromatic heterocycles. The van der Waals surface area contributed by atoms with E-state index in [0.717, 1.165) is 25.8 Å². The number of nitrogens with zero attached hydrogens (tertiary/aromatic N) is 2. The fraction of sp³-hybridized carbons (Fsp3) is 0.583. The number of aromatic nitrogens is 1. The number of anilines is 1. The van der Waals surface area contributed by atoms with Crippen LogP contribution in [0, 0.1) is 22.5 Å². The zero-order valence-corrected chi connectivity index (χ0v) is 10.3. The Hall–Kier alpha value is -1.69. The maximum Gasteiger partial charge on any atom is 0.290 e. The number of aliphatic hydroxyl groups is 1. The standard InChI is InChI=1S/C12H17N3O3/c1-9-6-11(13-7-10(9)15(17)18)14-8-12(2-3-12)4-5-16/h6-7,16H,2-5,8H2,1H3,(H,13,14). The van der Waals surface area contributed by atoms with Crippen molar-refractivity contribution in [2.75, 3.05) is 18.5 Å². The molecule has 0 spiro atoms. The Bertz CT molecular complexity index is 458. The highest BCUT2D eigenvalue weighted by Crippen LogP contribution is 2.48. The van der Waals surface area contributed by atoms with Crippen LogP contribution in [0.1, 0.15) is 24.8 Å². The van der Waals surface area contributed by atoms with Crippen LogP contribution in [0.5, 0.6) is 0 Å². The van der Waals surface area contributed by atoms with E-state index in [1.54, 1.807) is 13.0 Å². The summed E-state index contributed by atoms with van der Waals surface area (Å²) in [7, 11) is 0. The SMILES string of the molecule is Cc1cc(NCC2(CCO)CC2)ncc1[N+](=O)[O-]. The number of pyridine rings is 1. The lowest BCUT2D eigenvalue weighted by atomic mass is 10.0. The summed E-state index contributed by atoms with van der Waals surface area (Å²) in [5, 5.41) is 22.8. The van der Waals surface area contributed by atoms with Gasteiger partial charge in [-0.25, -0.2) is 4.98 Å². The van der Waals surface area contributed by atoms with Crippen LogP contribution >= 0.6 is 0 Å². The van der Waals surface area contributed by atoms with Crippen LogP contribution in [0.15, 0.2) is 12.3 Å². The predicted octanol–water partition coefficient (Wildman–Crippen LogP) is 1.87. The Kier molecular flexibility index (Phi) is 3.47. The van der Waals surface area contributed by atoms with Gasteiger partial charge < -0.3 is 10.4 Å². The van der Waals surface area contributed by atoms with Crippen LogP contribution < -0.4 is 5.32 Å². The molecule has 1 heterocycles. The molecule has 2 N–H and O–H groups in total. The summed E-state index contributed by atoms with van der Waals surface area (Å²) in [6.45, 7) is 2.66. The van der Waals surface area contributed by atoms with Crippen LogP contribution in [0.2, 0.25) is 0 Å². The number of nitrogens with one attached hydrogen (secondary N) is 1. The molecule has 1 saturated carbocycles. The second-order valence-electron chi connectivity index (χ2n) is 4.94. The first-order valence-corrected chi connectivity index (χ1v) is 6.02. The van der Waals surface area contributed by atoms with Gasteiger partial charge in [-0.3, -0.25) is 10.1 Å². The van der Waals surface area contributed by atoms with E-state index in [0.29, 0.717) is 11.4 Å². The first kappa shape index (κ1) is 12.8. The molecule has 6 heteroatoms. The summed E-state index contributed by atoms with van der Waals surface area (Å²) < 4.78 is 0. The molecule has 1 aliphatic rings. The lowest BCUT2D eigenvalue weighted by Crippen LogP contribution is -2.17. The van der Waals surface area contributed by atoms with Gasteiger partial charge >= 0.3 is 0 Å². The van der Waals surface area contributed by atoms with Crippen LogP contribution in [0.3, 0.4) is 0 Å². The van der Waals surface area contributed by atoms with Crippen LogP contribution in [-0.2, 0) is 0 Å². The van der Waals surface area contributed by atoms with Crippen molar-refractivity contribution < 1.29 is 10.0 Å². The van der Waals surface area contributed by atoms with E-state index in [-0.39, 0.29) is 17.7 Å². The van der Waals surface area contributed by atoms with Crippen molar-refractivity contribution in [1.82, 2.24) is 4.98 Å². The Labute approximate surface area is 105 Å². The molecule has 18 heavy (non-hydrogen) atoms. The van der Waals surface area contributed by atoms with Gasteiger partial charge in [-0.2, -0.15) is 0 Å². The van der Waals surface area contributed by atoms with Crippen molar-refractivity contribution in [3.05, 3.63) is 27.9 Å². The summed E-state index contributed by atoms with van der Waals surface area (Å²) in [5.74, 6) is 0.655. The Balaban J connectivity index is 1.98. The average Bonchev–Trinajstić information content (AvgIpc) is 3.07. The van der Waals surface area contributed by atoms with Gasteiger partial charge in [0.25, 0.3) is 5.69 Å². The quantitative estimate of drug-likeness (QED) is 0.595. The molecule has 0 aliphatic heterocycles. The minimum atomic E-state index is -0.430. The number of hydrogen-bond donors (Lipinski definition) is 2. The number of rotatable bonds is 6. The van der Waals surface area contributed by atoms with Crippen molar-refractivity contribution in [1.29, 1.82) is 0 Å². The normalized spacial score (nSPS) is 16.3. The predicted molar refractivity (Wildman–Crippen MR) is 67.5 cm³/mol. The van der Waals surface area contributed by atoms with Crippen molar-refractivity contribution in [2.45, 2.75) is 26.2 Å². The zero-order chi connectivity index (χ0) is 13.2. The van der Waals surface area contributed by atoms with Gasteiger partial charge in [0.1, 0.15) is 12.0 Å². The Morgan fingerprint density at radius 3 is 2.83 bits per heavy atom. The summed E-state index contributed by atoms with van der Waals surface area (Å²) in [6, 6.07) is 1.69. The van der Waals surface area contributed by atoms with Crippen molar-refractivity contribution in [3.8, 4) is 0 Å². The van der Waals surface area contributed by atoms with E-state index in [9.17, 15) is 10.1 Å². The van der Waals surface area contributed by atoms with Gasteiger partial charge in [0.05, 0.1) is 4.92 Å². The van der Waals surface area contributed by atoms with E-state index >= 15 is 0 Å². The molecule has 0 bridgehead atoms. The van der Waals surface area contributed by atoms with E-state index in [1.165, 1.54) is 6.20 Å². The summed E-state index contributed by atoms with van der Waals surface area (Å²) >= 11 is 0. The summed E-state index contributed by atoms with van der Waals surface area (Å²) in [5.41, 5.74) is 0.841. The highest BCUT2D eigenvalue weighted by atomic mass is 16.6. The molecule has 98 valence electrons. The molecule has 1 aliphatic carbocycles. The minimum absolute atomic E-state index is 0.0389. The van der Waals surface area contributed by atoms with E-state index in [4.69, 9.17) is 5.11 Å². The Morgan fingerprint density at radius 2 is 2.33 bits per heavy atom. The average molecular weight is 251 g/mol. The topological polar surface area (TPSA) is 88.3 Å². The largest absolute Gasteiger partial charge is 0.396 e. The highest BCUT2D eigenvalue weighted by molar-refractivity contribution is 5.47. The number of aryl methyl sites for hydroxylation is 1. The number of aliphatic hydroxyl groups excluding tert-OH is 1. The Morgan fingerprint density at radius 1 is 1.61 bits per heavy atom. The van der Waals surface area contributed by atoms with E-state index in [1.807, 2.05) is 0 Å². The van der Waals surface area contributed by atoms with E-state index < -0.39 is 4.92 Å². The minimum Gasteiger partial charge on any atom is -0.396 e. The zero-order valence-electron chi connectivity index (χ0n) is 10.3. The lowest BCUT2D eigenvalue weighted by Gasteiger charge is -2.15. The molecule has 1 fully saturated rings. The third kappa shape index (κ3) is 2.76. The third-order valence-electron chi connectivity index (χ3n) is 3.52. The molecular formula is C12H17N3O3. The van der Waals surface area contributed by atoms with Gasteiger partial charge in [-0.05, 0) is 37.7 Å². The monoisotopic (exact) mass is 251 g/mol. The second-order valence-corrected chi connectivity index (χ2v) is 4.94. The van der Waals surface area contributed by atoms with Crippen molar-refractivity contribution in [2.24, 2.45) is 5.41 Å². The first-order valence-electron chi connectivity index (χ1n) is 6.02. The van der Waals surface area contributed by atoms with Gasteiger partial charge in [-0.1, -0.05) is 0 Å². The maximum absolute atomic E-state index is 10.7. The van der Waals surface area contributed by atoms with Crippen LogP contribution in [0.4, 0.5) is 11.5 Å². The second kappa shape index (κ2) is 4.89. The molecule has 6 nitrogen and oxygen atoms in total. The summed E-state index contributed by atoms with van der Waals surface area (Å²) in [4.78, 5) is 14.3. The highest BCUT2D eigenvalue weighted by Gasteiger charge is 2.41. The molecule has 0 amide bonds. The van der Waals surface area contributed by atoms with E-state index in [2.05, 4.69) is 10.3 Å². The van der Waals surface area contributed by atoms with Crippen molar-refractivity contribution >= 4 is 11.5 Å². The molecule has 0 radical (unpaired) electrons. The lowest BCUT2D eigenvalue weighted by molar-refractivity contribution is -0.385. The van der Waals surface area contributed by atoms with Gasteiger partial charge in [0.2, 0.25) is 0 Å². The first-order chi connectivity index (χ1) is 8.56. The molecule has 0 unspecified atom stereocenters. The molecule has 0 saturated heterocycles. The molecule has 0 aromatic carbocycles. The number of hydrogen-bond acceptors (Lipinski definition) is 5. The fourth-order valence-corrected chi connectivity index (χ4v) is 2.04. The third-order valence-corrected chi connectivity index (χ3v) is 3.52.